The second kappa shape index (κ2) is 10.4. The smallest absolute Gasteiger partial charge is 0.310 e. The molecule has 29 heavy (non-hydrogen) atoms. The van der Waals surface area contributed by atoms with Gasteiger partial charge >= 0.3 is 5.97 Å². The van der Waals surface area contributed by atoms with Gasteiger partial charge in [-0.25, -0.2) is 0 Å². The minimum atomic E-state index is -0.308. The molecule has 0 aliphatic heterocycles. The number of hydrogen-bond acceptors (Lipinski definition) is 6. The summed E-state index contributed by atoms with van der Waals surface area (Å²) < 4.78 is 16.5. The van der Waals surface area contributed by atoms with E-state index in [0.717, 1.165) is 11.1 Å². The fraction of sp³-hybridized carbons (Fsp3) is 0.364. The van der Waals surface area contributed by atoms with E-state index in [9.17, 15) is 9.59 Å². The van der Waals surface area contributed by atoms with Gasteiger partial charge in [-0.3, -0.25) is 9.59 Å². The molecule has 156 valence electrons. The van der Waals surface area contributed by atoms with Crippen LogP contribution in [0.1, 0.15) is 31.9 Å². The fourth-order valence-electron chi connectivity index (χ4n) is 2.88. The quantitative estimate of drug-likeness (QED) is 0.511. The highest BCUT2D eigenvalue weighted by molar-refractivity contribution is 5.73. The van der Waals surface area contributed by atoms with E-state index >= 15 is 0 Å². The Balaban J connectivity index is 2.34. The third-order valence-corrected chi connectivity index (χ3v) is 4.37. The summed E-state index contributed by atoms with van der Waals surface area (Å²) in [5.41, 5.74) is 8.04. The number of carbonyl (C=O) groups excluding carboxylic acids is 2. The molecule has 0 radical (unpaired) electrons. The molecular weight excluding hydrogens is 372 g/mol. The molecular formula is C22H28N2O5. The molecule has 0 fully saturated rings. The van der Waals surface area contributed by atoms with Crippen LogP contribution < -0.4 is 15.2 Å². The standard InChI is InChI=1S/C22H28N2O5/c1-5-24(15(3)25)14-17-13-18(23)8-10-19(17)29-21-11-16(7-9-20(21)27-4)12-22(26)28-6-2/h7-11,13H,5-6,12,14,23H2,1-4H3. The van der Waals surface area contributed by atoms with E-state index in [2.05, 4.69) is 0 Å². The van der Waals surface area contributed by atoms with Crippen LogP contribution in [-0.4, -0.2) is 37.0 Å². The largest absolute Gasteiger partial charge is 0.493 e. The van der Waals surface area contributed by atoms with Crippen LogP contribution in [0.3, 0.4) is 0 Å². The SMILES string of the molecule is CCOC(=O)Cc1ccc(OC)c(Oc2ccc(N)cc2CN(CC)C(C)=O)c1. The summed E-state index contributed by atoms with van der Waals surface area (Å²) in [6.45, 7) is 6.48. The third kappa shape index (κ3) is 6.14. The van der Waals surface area contributed by atoms with Gasteiger partial charge in [-0.1, -0.05) is 6.07 Å². The normalized spacial score (nSPS) is 10.3. The lowest BCUT2D eigenvalue weighted by Gasteiger charge is -2.21. The Labute approximate surface area is 171 Å². The van der Waals surface area contributed by atoms with Crippen molar-refractivity contribution in [2.75, 3.05) is 26.0 Å². The topological polar surface area (TPSA) is 91.1 Å². The third-order valence-electron chi connectivity index (χ3n) is 4.37. The number of anilines is 1. The Morgan fingerprint density at radius 3 is 2.38 bits per heavy atom. The van der Waals surface area contributed by atoms with Crippen LogP contribution >= 0.6 is 0 Å². The molecule has 0 spiro atoms. The van der Waals surface area contributed by atoms with Gasteiger partial charge < -0.3 is 24.8 Å². The average Bonchev–Trinajstić information content (AvgIpc) is 2.68. The molecule has 2 N–H and O–H groups in total. The Morgan fingerprint density at radius 1 is 1.03 bits per heavy atom. The minimum absolute atomic E-state index is 0.0325. The van der Waals surface area contributed by atoms with Crippen molar-refractivity contribution < 1.29 is 23.8 Å². The summed E-state index contributed by atoms with van der Waals surface area (Å²) in [6, 6.07) is 10.6. The second-order valence-corrected chi connectivity index (χ2v) is 6.47. The molecule has 7 nitrogen and oxygen atoms in total. The first-order valence-corrected chi connectivity index (χ1v) is 9.52. The number of amides is 1. The van der Waals surface area contributed by atoms with Gasteiger partial charge in [0.15, 0.2) is 11.5 Å². The van der Waals surface area contributed by atoms with Crippen molar-refractivity contribution in [3.05, 3.63) is 47.5 Å². The van der Waals surface area contributed by atoms with Gasteiger partial charge in [0.2, 0.25) is 5.91 Å². The van der Waals surface area contributed by atoms with Crippen molar-refractivity contribution in [3.63, 3.8) is 0 Å². The van der Waals surface area contributed by atoms with E-state index in [-0.39, 0.29) is 18.3 Å². The fourth-order valence-corrected chi connectivity index (χ4v) is 2.88. The number of rotatable bonds is 9. The molecule has 7 heteroatoms. The molecule has 0 saturated heterocycles. The van der Waals surface area contributed by atoms with Crippen LogP contribution in [0.4, 0.5) is 5.69 Å². The zero-order valence-electron chi connectivity index (χ0n) is 17.4. The summed E-state index contributed by atoms with van der Waals surface area (Å²) in [7, 11) is 1.55. The van der Waals surface area contributed by atoms with Crippen molar-refractivity contribution in [3.8, 4) is 17.2 Å². The van der Waals surface area contributed by atoms with Gasteiger partial charge in [0.1, 0.15) is 5.75 Å². The monoisotopic (exact) mass is 400 g/mol. The molecule has 1 amide bonds. The Kier molecular flexibility index (Phi) is 7.88. The summed E-state index contributed by atoms with van der Waals surface area (Å²) in [5.74, 6) is 1.21. The Morgan fingerprint density at radius 2 is 1.76 bits per heavy atom. The van der Waals surface area contributed by atoms with Gasteiger partial charge in [0, 0.05) is 31.3 Å². The molecule has 0 saturated carbocycles. The van der Waals surface area contributed by atoms with Gasteiger partial charge in [0.05, 0.1) is 20.1 Å². The lowest BCUT2D eigenvalue weighted by atomic mass is 10.1. The predicted octanol–water partition coefficient (Wildman–Crippen LogP) is 3.54. The van der Waals surface area contributed by atoms with Crippen LogP contribution in [-0.2, 0) is 27.3 Å². The van der Waals surface area contributed by atoms with Crippen LogP contribution in [0.25, 0.3) is 0 Å². The molecule has 0 aromatic heterocycles. The van der Waals surface area contributed by atoms with Crippen molar-refractivity contribution in [1.29, 1.82) is 0 Å². The van der Waals surface area contributed by atoms with E-state index < -0.39 is 0 Å². The van der Waals surface area contributed by atoms with Crippen molar-refractivity contribution in [1.82, 2.24) is 4.90 Å². The van der Waals surface area contributed by atoms with Crippen molar-refractivity contribution in [2.45, 2.75) is 33.7 Å². The lowest BCUT2D eigenvalue weighted by molar-refractivity contribution is -0.142. The number of esters is 1. The minimum Gasteiger partial charge on any atom is -0.493 e. The molecule has 0 aliphatic rings. The van der Waals surface area contributed by atoms with Gasteiger partial charge in [-0.15, -0.1) is 0 Å². The number of benzene rings is 2. The first-order chi connectivity index (χ1) is 13.9. The first kappa shape index (κ1) is 22.1. The summed E-state index contributed by atoms with van der Waals surface area (Å²) in [4.78, 5) is 25.3. The molecule has 0 atom stereocenters. The summed E-state index contributed by atoms with van der Waals surface area (Å²) in [6.07, 6.45) is 0.136. The average molecular weight is 400 g/mol. The summed E-state index contributed by atoms with van der Waals surface area (Å²) in [5, 5.41) is 0. The number of methoxy groups -OCH3 is 1. The highest BCUT2D eigenvalue weighted by Crippen LogP contribution is 2.35. The van der Waals surface area contributed by atoms with E-state index in [1.54, 1.807) is 55.3 Å². The molecule has 0 unspecified atom stereocenters. The van der Waals surface area contributed by atoms with Crippen molar-refractivity contribution in [2.24, 2.45) is 0 Å². The zero-order chi connectivity index (χ0) is 21.4. The summed E-state index contributed by atoms with van der Waals surface area (Å²) >= 11 is 0. The van der Waals surface area contributed by atoms with E-state index in [4.69, 9.17) is 19.9 Å². The highest BCUT2D eigenvalue weighted by Gasteiger charge is 2.15. The predicted molar refractivity (Wildman–Crippen MR) is 111 cm³/mol. The van der Waals surface area contributed by atoms with Crippen LogP contribution in [0, 0.1) is 0 Å². The zero-order valence-corrected chi connectivity index (χ0v) is 17.4. The van der Waals surface area contributed by atoms with Crippen LogP contribution in [0.2, 0.25) is 0 Å². The number of nitrogens with zero attached hydrogens (tertiary/aromatic N) is 1. The van der Waals surface area contributed by atoms with Gasteiger partial charge in [-0.05, 0) is 49.7 Å². The maximum Gasteiger partial charge on any atom is 0.310 e. The maximum atomic E-state index is 11.8. The molecule has 2 aromatic rings. The van der Waals surface area contributed by atoms with Gasteiger partial charge in [0.25, 0.3) is 0 Å². The molecule has 2 aromatic carbocycles. The Hall–Kier alpha value is -3.22. The van der Waals surface area contributed by atoms with Gasteiger partial charge in [-0.2, -0.15) is 0 Å². The van der Waals surface area contributed by atoms with Crippen LogP contribution in [0.5, 0.6) is 17.2 Å². The van der Waals surface area contributed by atoms with E-state index in [1.165, 1.54) is 6.92 Å². The lowest BCUT2D eigenvalue weighted by Crippen LogP contribution is -2.27. The van der Waals surface area contributed by atoms with E-state index in [0.29, 0.717) is 42.6 Å². The Bertz CT molecular complexity index is 866. The highest BCUT2D eigenvalue weighted by atomic mass is 16.5. The number of nitrogens with two attached hydrogens (primary N) is 1. The molecule has 0 heterocycles. The molecule has 0 aliphatic carbocycles. The number of ether oxygens (including phenoxy) is 3. The van der Waals surface area contributed by atoms with Crippen LogP contribution in [0.15, 0.2) is 36.4 Å². The second-order valence-electron chi connectivity index (χ2n) is 6.47. The molecule has 0 bridgehead atoms. The molecule has 2 rings (SSSR count). The van der Waals surface area contributed by atoms with Crippen molar-refractivity contribution >= 4 is 17.6 Å². The van der Waals surface area contributed by atoms with E-state index in [1.807, 2.05) is 6.92 Å². The number of nitrogen functional groups attached to an aromatic ring is 1. The number of hydrogen-bond donors (Lipinski definition) is 1. The maximum absolute atomic E-state index is 11.8. The number of carbonyl (C=O) groups is 2. The first-order valence-electron chi connectivity index (χ1n) is 9.52.